The molecule has 1 atom stereocenters. The molecule has 0 saturated carbocycles. The molecule has 1 unspecified atom stereocenters. The molecule has 3 rings (SSSR count). The summed E-state index contributed by atoms with van der Waals surface area (Å²) in [6.45, 7) is 1.45. The highest BCUT2D eigenvalue weighted by Gasteiger charge is 2.17. The summed E-state index contributed by atoms with van der Waals surface area (Å²) in [6, 6.07) is 16.4. The van der Waals surface area contributed by atoms with Gasteiger partial charge in [0.1, 0.15) is 5.69 Å². The molecule has 1 aromatic heterocycles. The molecule has 0 spiro atoms. The van der Waals surface area contributed by atoms with Crippen molar-refractivity contribution in [2.75, 3.05) is 0 Å². The summed E-state index contributed by atoms with van der Waals surface area (Å²) in [5.41, 5.74) is 5.34. The molecule has 7 heteroatoms. The fourth-order valence-electron chi connectivity index (χ4n) is 2.26. The highest BCUT2D eigenvalue weighted by Crippen LogP contribution is 2.17. The van der Waals surface area contributed by atoms with Crippen LogP contribution in [0.4, 0.5) is 4.39 Å². The molecule has 2 amide bonds. The molecule has 3 aromatic rings. The van der Waals surface area contributed by atoms with E-state index in [-0.39, 0.29) is 11.4 Å². The largest absolute Gasteiger partial charge is 0.478 e. The Bertz CT molecular complexity index is 961. The molecule has 0 aliphatic heterocycles. The van der Waals surface area contributed by atoms with Gasteiger partial charge in [-0.3, -0.25) is 20.4 Å². The number of halogens is 1. The fourth-order valence-corrected chi connectivity index (χ4v) is 2.26. The zero-order chi connectivity index (χ0) is 18.5. The van der Waals surface area contributed by atoms with Crippen molar-refractivity contribution >= 4 is 22.7 Å². The molecule has 0 aliphatic carbocycles. The van der Waals surface area contributed by atoms with Gasteiger partial charge in [0, 0.05) is 5.39 Å². The number of benzene rings is 2. The van der Waals surface area contributed by atoms with Gasteiger partial charge in [0.15, 0.2) is 17.7 Å². The van der Waals surface area contributed by atoms with Crippen molar-refractivity contribution < 1.29 is 18.7 Å². The predicted molar refractivity (Wildman–Crippen MR) is 93.8 cm³/mol. The third kappa shape index (κ3) is 3.94. The molecule has 6 nitrogen and oxygen atoms in total. The van der Waals surface area contributed by atoms with Gasteiger partial charge in [0.05, 0.1) is 5.52 Å². The highest BCUT2D eigenvalue weighted by molar-refractivity contribution is 5.96. The molecule has 0 radical (unpaired) electrons. The van der Waals surface area contributed by atoms with Crippen molar-refractivity contribution in [3.05, 3.63) is 72.2 Å². The van der Waals surface area contributed by atoms with Gasteiger partial charge in [-0.05, 0) is 31.2 Å². The zero-order valence-corrected chi connectivity index (χ0v) is 13.9. The van der Waals surface area contributed by atoms with Gasteiger partial charge in [-0.15, -0.1) is 0 Å². The Morgan fingerprint density at radius 3 is 2.54 bits per heavy atom. The number of carbonyl (C=O) groups excluding carboxylic acids is 2. The number of hydrogen-bond donors (Lipinski definition) is 2. The quantitative estimate of drug-likeness (QED) is 0.707. The van der Waals surface area contributed by atoms with Crippen molar-refractivity contribution in [3.63, 3.8) is 0 Å². The van der Waals surface area contributed by atoms with E-state index >= 15 is 0 Å². The molecule has 26 heavy (non-hydrogen) atoms. The molecule has 0 saturated heterocycles. The smallest absolute Gasteiger partial charge is 0.288 e. The van der Waals surface area contributed by atoms with Gasteiger partial charge >= 0.3 is 0 Å². The summed E-state index contributed by atoms with van der Waals surface area (Å²) < 4.78 is 18.8. The molecule has 0 bridgehead atoms. The van der Waals surface area contributed by atoms with Crippen LogP contribution in [0.15, 0.2) is 60.7 Å². The maximum Gasteiger partial charge on any atom is 0.288 e. The van der Waals surface area contributed by atoms with E-state index in [4.69, 9.17) is 4.74 Å². The van der Waals surface area contributed by atoms with E-state index in [9.17, 15) is 14.0 Å². The molecule has 2 aromatic carbocycles. The topological polar surface area (TPSA) is 80.3 Å². The Morgan fingerprint density at radius 1 is 1.00 bits per heavy atom. The standard InChI is InChI=1S/C19H16FN3O3/c1-12(26-17-9-5-3-7-14(17)20)18(24)22-23-19(25)16-11-10-13-6-2-4-8-15(13)21-16/h2-12H,1H3,(H,22,24)(H,23,25). The molecular formula is C19H16FN3O3. The van der Waals surface area contributed by atoms with Gasteiger partial charge in [-0.1, -0.05) is 36.4 Å². The summed E-state index contributed by atoms with van der Waals surface area (Å²) >= 11 is 0. The number of carbonyl (C=O) groups is 2. The highest BCUT2D eigenvalue weighted by atomic mass is 19.1. The molecule has 2 N–H and O–H groups in total. The van der Waals surface area contributed by atoms with Crippen LogP contribution in [0.25, 0.3) is 10.9 Å². The van der Waals surface area contributed by atoms with Crippen LogP contribution in [0.1, 0.15) is 17.4 Å². The van der Waals surface area contributed by atoms with Crippen LogP contribution in [0, 0.1) is 5.82 Å². The number of ether oxygens (including phenoxy) is 1. The van der Waals surface area contributed by atoms with E-state index in [0.717, 1.165) is 5.39 Å². The third-order valence-electron chi connectivity index (χ3n) is 3.64. The van der Waals surface area contributed by atoms with Crippen molar-refractivity contribution in [1.29, 1.82) is 0 Å². The van der Waals surface area contributed by atoms with E-state index in [2.05, 4.69) is 15.8 Å². The molecular weight excluding hydrogens is 337 g/mol. The van der Waals surface area contributed by atoms with E-state index in [1.54, 1.807) is 24.3 Å². The maximum atomic E-state index is 13.5. The lowest BCUT2D eigenvalue weighted by atomic mass is 10.2. The SMILES string of the molecule is CC(Oc1ccccc1F)C(=O)NNC(=O)c1ccc2ccccc2n1. The van der Waals surface area contributed by atoms with E-state index in [0.29, 0.717) is 5.52 Å². The summed E-state index contributed by atoms with van der Waals surface area (Å²) in [6.07, 6.45) is -1.00. The van der Waals surface area contributed by atoms with Crippen LogP contribution in [0.2, 0.25) is 0 Å². The Hall–Kier alpha value is -3.48. The Morgan fingerprint density at radius 2 is 1.73 bits per heavy atom. The maximum absolute atomic E-state index is 13.5. The molecule has 0 fully saturated rings. The Kier molecular flexibility index (Phi) is 5.07. The minimum Gasteiger partial charge on any atom is -0.478 e. The lowest BCUT2D eigenvalue weighted by Gasteiger charge is -2.15. The van der Waals surface area contributed by atoms with E-state index in [1.165, 1.54) is 25.1 Å². The number of para-hydroxylation sites is 2. The lowest BCUT2D eigenvalue weighted by Crippen LogP contribution is -2.47. The van der Waals surface area contributed by atoms with Gasteiger partial charge in [-0.2, -0.15) is 0 Å². The first-order chi connectivity index (χ1) is 12.5. The number of fused-ring (bicyclic) bond motifs is 1. The van der Waals surface area contributed by atoms with Crippen LogP contribution in [0.3, 0.4) is 0 Å². The van der Waals surface area contributed by atoms with Crippen LogP contribution in [-0.2, 0) is 4.79 Å². The van der Waals surface area contributed by atoms with Crippen molar-refractivity contribution in [3.8, 4) is 5.75 Å². The Balaban J connectivity index is 1.59. The van der Waals surface area contributed by atoms with Gasteiger partial charge < -0.3 is 4.74 Å². The van der Waals surface area contributed by atoms with Crippen LogP contribution < -0.4 is 15.6 Å². The van der Waals surface area contributed by atoms with Crippen molar-refractivity contribution in [2.45, 2.75) is 13.0 Å². The zero-order valence-electron chi connectivity index (χ0n) is 13.9. The fraction of sp³-hybridized carbons (Fsp3) is 0.105. The van der Waals surface area contributed by atoms with Gasteiger partial charge in [0.25, 0.3) is 11.8 Å². The van der Waals surface area contributed by atoms with Gasteiger partial charge in [0.2, 0.25) is 0 Å². The van der Waals surface area contributed by atoms with Crippen molar-refractivity contribution in [1.82, 2.24) is 15.8 Å². The summed E-state index contributed by atoms with van der Waals surface area (Å²) in [5, 5.41) is 0.903. The number of rotatable bonds is 4. The van der Waals surface area contributed by atoms with Crippen LogP contribution in [-0.4, -0.2) is 22.9 Å². The van der Waals surface area contributed by atoms with Crippen LogP contribution in [0.5, 0.6) is 5.75 Å². The number of hydrogen-bond acceptors (Lipinski definition) is 4. The number of aromatic nitrogens is 1. The van der Waals surface area contributed by atoms with Crippen molar-refractivity contribution in [2.24, 2.45) is 0 Å². The second-order valence-electron chi connectivity index (χ2n) is 5.52. The minimum absolute atomic E-state index is 0.0438. The summed E-state index contributed by atoms with van der Waals surface area (Å²) in [4.78, 5) is 28.4. The average Bonchev–Trinajstić information content (AvgIpc) is 2.67. The number of pyridine rings is 1. The van der Waals surface area contributed by atoms with Crippen LogP contribution >= 0.6 is 0 Å². The minimum atomic E-state index is -1.00. The number of nitrogens with one attached hydrogen (secondary N) is 2. The molecule has 1 heterocycles. The number of hydrazine groups is 1. The van der Waals surface area contributed by atoms with E-state index in [1.807, 2.05) is 18.2 Å². The first kappa shape index (κ1) is 17.3. The first-order valence-corrected chi connectivity index (χ1v) is 7.92. The Labute approximate surface area is 149 Å². The van der Waals surface area contributed by atoms with Gasteiger partial charge in [-0.25, -0.2) is 9.37 Å². The summed E-state index contributed by atoms with van der Waals surface area (Å²) in [7, 11) is 0. The number of nitrogens with zero attached hydrogens (tertiary/aromatic N) is 1. The third-order valence-corrected chi connectivity index (χ3v) is 3.64. The molecule has 132 valence electrons. The van der Waals surface area contributed by atoms with E-state index < -0.39 is 23.7 Å². The number of amides is 2. The summed E-state index contributed by atoms with van der Waals surface area (Å²) in [5.74, 6) is -1.81. The second kappa shape index (κ2) is 7.60. The second-order valence-corrected chi connectivity index (χ2v) is 5.52. The first-order valence-electron chi connectivity index (χ1n) is 7.92. The molecule has 0 aliphatic rings. The lowest BCUT2D eigenvalue weighted by molar-refractivity contribution is -0.128. The normalized spacial score (nSPS) is 11.6. The monoisotopic (exact) mass is 353 g/mol. The predicted octanol–water partition coefficient (Wildman–Crippen LogP) is 2.60. The average molecular weight is 353 g/mol.